The quantitative estimate of drug-likeness (QED) is 0.588. The number of hydrogen-bond donors (Lipinski definition) is 0. The van der Waals surface area contributed by atoms with Crippen LogP contribution in [0, 0.1) is 17.3 Å². The van der Waals surface area contributed by atoms with Crippen LogP contribution in [-0.4, -0.2) is 23.8 Å². The van der Waals surface area contributed by atoms with Crippen molar-refractivity contribution in [3.63, 3.8) is 0 Å². The van der Waals surface area contributed by atoms with Crippen molar-refractivity contribution < 1.29 is 23.9 Å². The summed E-state index contributed by atoms with van der Waals surface area (Å²) in [6, 6.07) is 5.95. The smallest absolute Gasteiger partial charge is 0.308 e. The van der Waals surface area contributed by atoms with E-state index in [0.29, 0.717) is 24.0 Å². The van der Waals surface area contributed by atoms with Crippen LogP contribution in [0.1, 0.15) is 63.5 Å². The fraction of sp³-hybridized carbons (Fsp3) is 0.591. The SMILES string of the molecule is CC(=O)Oc1ccc2c(c1)CC[C@@H]1[C@@H]2CC[C@]2(C)C(=O)[C@@H](OC(C)=O)C[C@@H]12. The van der Waals surface area contributed by atoms with E-state index in [1.165, 1.54) is 25.0 Å². The molecule has 5 atom stereocenters. The summed E-state index contributed by atoms with van der Waals surface area (Å²) in [5.74, 6) is 1.14. The first kappa shape index (κ1) is 18.2. The molecule has 0 saturated heterocycles. The van der Waals surface area contributed by atoms with E-state index in [4.69, 9.17) is 9.47 Å². The molecule has 5 heteroatoms. The van der Waals surface area contributed by atoms with Crippen LogP contribution in [0.25, 0.3) is 0 Å². The summed E-state index contributed by atoms with van der Waals surface area (Å²) in [6.45, 7) is 4.85. The fourth-order valence-electron chi connectivity index (χ4n) is 5.86. The van der Waals surface area contributed by atoms with Gasteiger partial charge >= 0.3 is 11.9 Å². The molecule has 144 valence electrons. The lowest BCUT2D eigenvalue weighted by Gasteiger charge is -2.48. The first-order chi connectivity index (χ1) is 12.8. The van der Waals surface area contributed by atoms with Crippen molar-refractivity contribution in [3.05, 3.63) is 29.3 Å². The minimum absolute atomic E-state index is 0.108. The van der Waals surface area contributed by atoms with Gasteiger partial charge in [-0.15, -0.1) is 0 Å². The zero-order valence-corrected chi connectivity index (χ0v) is 16.1. The molecule has 0 unspecified atom stereocenters. The highest BCUT2D eigenvalue weighted by Gasteiger charge is 2.59. The van der Waals surface area contributed by atoms with E-state index in [2.05, 4.69) is 13.0 Å². The highest BCUT2D eigenvalue weighted by atomic mass is 16.5. The largest absolute Gasteiger partial charge is 0.455 e. The van der Waals surface area contributed by atoms with Crippen LogP contribution in [0.2, 0.25) is 0 Å². The molecule has 0 heterocycles. The third-order valence-corrected chi connectivity index (χ3v) is 6.98. The molecule has 5 nitrogen and oxygen atoms in total. The summed E-state index contributed by atoms with van der Waals surface area (Å²) in [7, 11) is 0. The molecule has 4 rings (SSSR count). The zero-order valence-electron chi connectivity index (χ0n) is 16.1. The average Bonchev–Trinajstić information content (AvgIpc) is 2.85. The Morgan fingerprint density at radius 2 is 1.93 bits per heavy atom. The predicted molar refractivity (Wildman–Crippen MR) is 98.3 cm³/mol. The highest BCUT2D eigenvalue weighted by molar-refractivity contribution is 5.93. The molecule has 1 aromatic carbocycles. The maximum Gasteiger partial charge on any atom is 0.308 e. The van der Waals surface area contributed by atoms with E-state index >= 15 is 0 Å². The van der Waals surface area contributed by atoms with E-state index in [-0.39, 0.29) is 29.1 Å². The number of ether oxygens (including phenoxy) is 2. The third-order valence-electron chi connectivity index (χ3n) is 6.98. The Bertz CT molecular complexity index is 813. The molecule has 2 fully saturated rings. The van der Waals surface area contributed by atoms with E-state index in [1.54, 1.807) is 0 Å². The van der Waals surface area contributed by atoms with E-state index < -0.39 is 6.10 Å². The Morgan fingerprint density at radius 1 is 1.15 bits per heavy atom. The molecular weight excluding hydrogens is 344 g/mol. The summed E-state index contributed by atoms with van der Waals surface area (Å²) in [5, 5.41) is 0. The van der Waals surface area contributed by atoms with Gasteiger partial charge in [-0.2, -0.15) is 0 Å². The van der Waals surface area contributed by atoms with Crippen molar-refractivity contribution in [3.8, 4) is 5.75 Å². The highest BCUT2D eigenvalue weighted by Crippen LogP contribution is 2.60. The minimum Gasteiger partial charge on any atom is -0.455 e. The van der Waals surface area contributed by atoms with Crippen molar-refractivity contribution in [2.24, 2.45) is 17.3 Å². The zero-order chi connectivity index (χ0) is 19.3. The van der Waals surface area contributed by atoms with Gasteiger partial charge in [0, 0.05) is 19.3 Å². The van der Waals surface area contributed by atoms with E-state index in [0.717, 1.165) is 25.7 Å². The number of carbonyl (C=O) groups is 3. The van der Waals surface area contributed by atoms with Gasteiger partial charge in [-0.3, -0.25) is 14.4 Å². The summed E-state index contributed by atoms with van der Waals surface area (Å²) < 4.78 is 10.6. The van der Waals surface area contributed by atoms with Crippen LogP contribution in [0.4, 0.5) is 0 Å². The van der Waals surface area contributed by atoms with Gasteiger partial charge in [0.25, 0.3) is 0 Å². The molecule has 0 spiro atoms. The van der Waals surface area contributed by atoms with Crippen molar-refractivity contribution in [2.45, 2.75) is 64.9 Å². The lowest BCUT2D eigenvalue weighted by atomic mass is 9.55. The molecule has 3 aliphatic carbocycles. The number of fused-ring (bicyclic) bond motifs is 5. The summed E-state index contributed by atoms with van der Waals surface area (Å²) in [6.07, 6.45) is 3.81. The van der Waals surface area contributed by atoms with Crippen LogP contribution in [0.5, 0.6) is 5.75 Å². The molecule has 27 heavy (non-hydrogen) atoms. The number of esters is 2. The lowest BCUT2D eigenvalue weighted by Crippen LogP contribution is -2.43. The fourth-order valence-corrected chi connectivity index (χ4v) is 5.86. The monoisotopic (exact) mass is 370 g/mol. The van der Waals surface area contributed by atoms with Crippen molar-refractivity contribution >= 4 is 17.7 Å². The Hall–Kier alpha value is -2.17. The van der Waals surface area contributed by atoms with Crippen LogP contribution in [0.3, 0.4) is 0 Å². The Morgan fingerprint density at radius 3 is 2.63 bits per heavy atom. The standard InChI is InChI=1S/C22H26O5/c1-12(23)26-15-5-7-16-14(10-15)4-6-18-17(16)8-9-22(3)19(18)11-20(21(22)25)27-13(2)24/h5,7,10,17-20H,4,6,8-9,11H2,1-3H3/t17-,18-,19+,20+,22+/m1/s1. The van der Waals surface area contributed by atoms with Gasteiger partial charge in [0.15, 0.2) is 11.9 Å². The van der Waals surface area contributed by atoms with E-state index in [1.807, 2.05) is 12.1 Å². The second-order valence-electron chi connectivity index (χ2n) is 8.52. The van der Waals surface area contributed by atoms with Gasteiger partial charge in [0.2, 0.25) is 0 Å². The second-order valence-corrected chi connectivity index (χ2v) is 8.52. The van der Waals surface area contributed by atoms with Crippen molar-refractivity contribution in [1.82, 2.24) is 0 Å². The first-order valence-electron chi connectivity index (χ1n) is 9.82. The molecule has 3 aliphatic rings. The molecular formula is C22H26O5. The number of Topliss-reactive ketones (excluding diaryl/α,β-unsaturated/α-hetero) is 1. The summed E-state index contributed by atoms with van der Waals surface area (Å²) in [5.41, 5.74) is 2.20. The molecule has 0 aliphatic heterocycles. The predicted octanol–water partition coefficient (Wildman–Crippen LogP) is 3.58. The van der Waals surface area contributed by atoms with Crippen LogP contribution in [-0.2, 0) is 25.5 Å². The number of ketones is 1. The number of aryl methyl sites for hydroxylation is 1. The second kappa shape index (κ2) is 6.47. The van der Waals surface area contributed by atoms with Crippen LogP contribution in [0.15, 0.2) is 18.2 Å². The molecule has 0 radical (unpaired) electrons. The Kier molecular flexibility index (Phi) is 4.36. The van der Waals surface area contributed by atoms with Gasteiger partial charge in [0.05, 0.1) is 0 Å². The number of rotatable bonds is 2. The Labute approximate surface area is 159 Å². The Balaban J connectivity index is 1.61. The molecule has 0 bridgehead atoms. The molecule has 0 amide bonds. The van der Waals surface area contributed by atoms with Crippen molar-refractivity contribution in [1.29, 1.82) is 0 Å². The van der Waals surface area contributed by atoms with Gasteiger partial charge in [0.1, 0.15) is 5.75 Å². The topological polar surface area (TPSA) is 69.7 Å². The third kappa shape index (κ3) is 2.97. The average molecular weight is 370 g/mol. The maximum atomic E-state index is 12.9. The minimum atomic E-state index is -0.580. The first-order valence-corrected chi connectivity index (χ1v) is 9.82. The number of carbonyl (C=O) groups excluding carboxylic acids is 3. The summed E-state index contributed by atoms with van der Waals surface area (Å²) >= 11 is 0. The molecule has 0 aromatic heterocycles. The number of benzene rings is 1. The van der Waals surface area contributed by atoms with Crippen molar-refractivity contribution in [2.75, 3.05) is 0 Å². The molecule has 2 saturated carbocycles. The lowest BCUT2D eigenvalue weighted by molar-refractivity contribution is -0.153. The maximum absolute atomic E-state index is 12.9. The number of hydrogen-bond acceptors (Lipinski definition) is 5. The van der Waals surface area contributed by atoms with Crippen LogP contribution >= 0.6 is 0 Å². The molecule has 0 N–H and O–H groups in total. The van der Waals surface area contributed by atoms with Gasteiger partial charge < -0.3 is 9.47 Å². The summed E-state index contributed by atoms with van der Waals surface area (Å²) in [4.78, 5) is 35.6. The molecule has 1 aromatic rings. The van der Waals surface area contributed by atoms with Gasteiger partial charge in [-0.05, 0) is 73.1 Å². The van der Waals surface area contributed by atoms with Gasteiger partial charge in [-0.25, -0.2) is 0 Å². The normalized spacial score (nSPS) is 34.3. The van der Waals surface area contributed by atoms with Gasteiger partial charge in [-0.1, -0.05) is 13.0 Å². The van der Waals surface area contributed by atoms with Crippen LogP contribution < -0.4 is 4.74 Å². The van der Waals surface area contributed by atoms with E-state index in [9.17, 15) is 14.4 Å².